The van der Waals surface area contributed by atoms with Crippen molar-refractivity contribution in [3.63, 3.8) is 0 Å². The maximum absolute atomic E-state index is 14.4. The Hall–Kier alpha value is -5.67. The lowest BCUT2D eigenvalue weighted by molar-refractivity contribution is -0.185. The predicted molar refractivity (Wildman–Crippen MR) is 230 cm³/mol. The van der Waals surface area contributed by atoms with Gasteiger partial charge in [-0.15, -0.1) is 0 Å². The highest BCUT2D eigenvalue weighted by molar-refractivity contribution is 7.32. The fourth-order valence-electron chi connectivity index (χ4n) is 6.18. The van der Waals surface area contributed by atoms with Gasteiger partial charge in [0.1, 0.15) is 23.9 Å². The van der Waals surface area contributed by atoms with E-state index in [0.717, 1.165) is 24.1 Å². The Kier molecular flexibility index (Phi) is 18.1. The number of hydrogen-bond donors (Lipinski definition) is 6. The summed E-state index contributed by atoms with van der Waals surface area (Å²) < 4.78 is 49.7. The van der Waals surface area contributed by atoms with Crippen LogP contribution in [0, 0.1) is 0 Å². The summed E-state index contributed by atoms with van der Waals surface area (Å²) in [5.74, 6) is -3.12. The van der Waals surface area contributed by atoms with Crippen molar-refractivity contribution in [2.45, 2.75) is 89.1 Å². The van der Waals surface area contributed by atoms with E-state index in [-0.39, 0.29) is 37.3 Å². The molecule has 0 aliphatic heterocycles. The van der Waals surface area contributed by atoms with Gasteiger partial charge >= 0.3 is 14.4 Å². The minimum absolute atomic E-state index is 0.0218. The number of benzene rings is 4. The summed E-state index contributed by atoms with van der Waals surface area (Å²) in [6, 6.07) is 22.7. The summed E-state index contributed by atoms with van der Waals surface area (Å²) in [5.41, 5.74) is 5.95. The molecule has 332 valence electrons. The monoisotopic (exact) mass is 897 g/mol. The van der Waals surface area contributed by atoms with Crippen LogP contribution in [-0.4, -0.2) is 64.7 Å². The standard InChI is InChI=1S/C44H51ClF2N5O9P/c1-4-28-13-17-31(18-14-28)39(54)49-25-9-8-12-35(38(48)53)50-40(55)36(27-30-15-19-32(20-16-30)44(46,47)61-62(58)59)51-41(56)37(26-29-10-6-5-7-11-29)52-42(57)43(2,3)60-34-23-21-33(45)22-24-34/h5-7,10-11,13-24,35-37,62H,4,8-9,12,25-27H2,1-3H3,(H2,48,53)(H,49,54)(H,50,55)(H,51,56)(H,52,57)(H,58,59). The molecular formula is C44H51ClF2N5O9P. The molecule has 62 heavy (non-hydrogen) atoms. The Morgan fingerprint density at radius 3 is 1.87 bits per heavy atom. The van der Waals surface area contributed by atoms with Gasteiger partial charge in [-0.25, -0.2) is 4.52 Å². The highest BCUT2D eigenvalue weighted by Crippen LogP contribution is 2.37. The number of halogens is 3. The van der Waals surface area contributed by atoms with Gasteiger partial charge in [-0.3, -0.25) is 28.5 Å². The van der Waals surface area contributed by atoms with Gasteiger partial charge in [0.15, 0.2) is 5.60 Å². The van der Waals surface area contributed by atoms with E-state index in [1.54, 1.807) is 66.7 Å². The molecule has 0 spiro atoms. The number of nitrogens with two attached hydrogens (primary N) is 1. The second kappa shape index (κ2) is 23.0. The molecule has 7 N–H and O–H groups in total. The third-order valence-corrected chi connectivity index (χ3v) is 10.4. The Balaban J connectivity index is 1.53. The summed E-state index contributed by atoms with van der Waals surface area (Å²) in [6.45, 7) is 5.30. The average molecular weight is 898 g/mol. The maximum Gasteiger partial charge on any atom is 0.389 e. The first kappa shape index (κ1) is 49.0. The Labute approximate surface area is 364 Å². The quantitative estimate of drug-likeness (QED) is 0.0407. The number of unbranched alkanes of at least 4 members (excludes halogenated alkanes) is 1. The first-order valence-corrected chi connectivity index (χ1v) is 21.5. The second-order valence-corrected chi connectivity index (χ2v) is 16.1. The molecule has 4 aromatic rings. The minimum Gasteiger partial charge on any atom is -0.478 e. The molecule has 4 unspecified atom stereocenters. The van der Waals surface area contributed by atoms with Crippen molar-refractivity contribution >= 4 is 49.4 Å². The third kappa shape index (κ3) is 15.4. The second-order valence-electron chi connectivity index (χ2n) is 14.9. The van der Waals surface area contributed by atoms with E-state index in [9.17, 15) is 37.3 Å². The summed E-state index contributed by atoms with van der Waals surface area (Å²) in [4.78, 5) is 76.0. The molecule has 4 rings (SSSR count). The SMILES string of the molecule is CCc1ccc(C(=O)NCCCCC(NC(=O)C(Cc2ccc(C(F)(F)O[PH](=O)O)cc2)NC(=O)C(Cc2ccccc2)NC(=O)C(C)(C)Oc2ccc(Cl)cc2)C(N)=O)cc1. The van der Waals surface area contributed by atoms with Crippen LogP contribution in [0.2, 0.25) is 5.02 Å². The lowest BCUT2D eigenvalue weighted by atomic mass is 10.00. The van der Waals surface area contributed by atoms with Crippen molar-refractivity contribution in [2.75, 3.05) is 6.54 Å². The fraction of sp³-hybridized carbons (Fsp3) is 0.341. The molecule has 0 heterocycles. The molecule has 5 amide bonds. The van der Waals surface area contributed by atoms with Crippen LogP contribution in [0.5, 0.6) is 5.75 Å². The number of primary amides is 1. The average Bonchev–Trinajstić information content (AvgIpc) is 3.23. The first-order valence-electron chi connectivity index (χ1n) is 19.8. The van der Waals surface area contributed by atoms with E-state index >= 15 is 0 Å². The normalized spacial score (nSPS) is 13.5. The summed E-state index contributed by atoms with van der Waals surface area (Å²) in [7, 11) is -4.00. The van der Waals surface area contributed by atoms with Gasteiger partial charge in [0.25, 0.3) is 11.8 Å². The summed E-state index contributed by atoms with van der Waals surface area (Å²) in [6.07, 6.45) is -2.71. The molecule has 0 aliphatic carbocycles. The zero-order chi connectivity index (χ0) is 45.5. The van der Waals surface area contributed by atoms with Crippen molar-refractivity contribution in [2.24, 2.45) is 5.73 Å². The largest absolute Gasteiger partial charge is 0.478 e. The van der Waals surface area contributed by atoms with Gasteiger partial charge in [0.2, 0.25) is 17.7 Å². The Morgan fingerprint density at radius 1 is 0.758 bits per heavy atom. The predicted octanol–water partition coefficient (Wildman–Crippen LogP) is 5.53. The molecular weight excluding hydrogens is 847 g/mol. The Bertz CT molecular complexity index is 2160. The number of carbonyl (C=O) groups is 5. The molecule has 0 saturated heterocycles. The first-order chi connectivity index (χ1) is 29.4. The van der Waals surface area contributed by atoms with Crippen LogP contribution in [0.1, 0.15) is 72.6 Å². The number of aryl methyl sites for hydroxylation is 1. The maximum atomic E-state index is 14.4. The van der Waals surface area contributed by atoms with Crippen LogP contribution < -0.4 is 31.7 Å². The number of amides is 5. The molecule has 18 heteroatoms. The van der Waals surface area contributed by atoms with E-state index in [1.165, 1.54) is 26.0 Å². The van der Waals surface area contributed by atoms with Gasteiger partial charge in [-0.2, -0.15) is 8.78 Å². The zero-order valence-corrected chi connectivity index (χ0v) is 36.2. The van der Waals surface area contributed by atoms with Gasteiger partial charge < -0.3 is 36.6 Å². The highest BCUT2D eigenvalue weighted by atomic mass is 35.5. The molecule has 0 fully saturated rings. The van der Waals surface area contributed by atoms with Crippen LogP contribution in [0.15, 0.2) is 103 Å². The molecule has 0 aliphatic rings. The Morgan fingerprint density at radius 2 is 1.31 bits per heavy atom. The summed E-state index contributed by atoms with van der Waals surface area (Å²) in [5, 5.41) is 11.3. The number of carbonyl (C=O) groups excluding carboxylic acids is 5. The van der Waals surface area contributed by atoms with Crippen LogP contribution in [-0.2, 0) is 53.6 Å². The van der Waals surface area contributed by atoms with Crippen molar-refractivity contribution in [1.29, 1.82) is 0 Å². The van der Waals surface area contributed by atoms with Crippen molar-refractivity contribution in [3.8, 4) is 5.75 Å². The number of nitrogens with one attached hydrogen (secondary N) is 4. The van der Waals surface area contributed by atoms with E-state index in [2.05, 4.69) is 25.8 Å². The lowest BCUT2D eigenvalue weighted by Crippen LogP contribution is -2.59. The van der Waals surface area contributed by atoms with Crippen LogP contribution in [0.3, 0.4) is 0 Å². The topological polar surface area (TPSA) is 215 Å². The van der Waals surface area contributed by atoms with E-state index in [0.29, 0.717) is 34.7 Å². The number of hydrogen-bond acceptors (Lipinski definition) is 8. The highest BCUT2D eigenvalue weighted by Gasteiger charge is 2.37. The van der Waals surface area contributed by atoms with Crippen LogP contribution in [0.4, 0.5) is 8.78 Å². The van der Waals surface area contributed by atoms with Gasteiger partial charge in [-0.05, 0) is 92.6 Å². The van der Waals surface area contributed by atoms with Crippen molar-refractivity contribution < 1.29 is 51.5 Å². The van der Waals surface area contributed by atoms with Crippen LogP contribution in [0.25, 0.3) is 0 Å². The molecule has 4 atom stereocenters. The van der Waals surface area contributed by atoms with Gasteiger partial charge in [0, 0.05) is 30.0 Å². The number of ether oxygens (including phenoxy) is 1. The molecule has 0 aromatic heterocycles. The zero-order valence-electron chi connectivity index (χ0n) is 34.4. The lowest BCUT2D eigenvalue weighted by Gasteiger charge is -2.29. The molecule has 14 nitrogen and oxygen atoms in total. The van der Waals surface area contributed by atoms with Crippen molar-refractivity contribution in [3.05, 3.63) is 136 Å². The van der Waals surface area contributed by atoms with Gasteiger partial charge in [-0.1, -0.05) is 85.3 Å². The van der Waals surface area contributed by atoms with E-state index < -0.39 is 67.3 Å². The summed E-state index contributed by atoms with van der Waals surface area (Å²) >= 11 is 6.00. The van der Waals surface area contributed by atoms with Crippen molar-refractivity contribution in [1.82, 2.24) is 21.3 Å². The number of rotatable bonds is 23. The molecule has 4 aromatic carbocycles. The molecule has 0 bridgehead atoms. The smallest absolute Gasteiger partial charge is 0.389 e. The van der Waals surface area contributed by atoms with Gasteiger partial charge in [0.05, 0.1) is 5.56 Å². The van der Waals surface area contributed by atoms with E-state index in [1.807, 2.05) is 19.1 Å². The fourth-order valence-corrected chi connectivity index (χ4v) is 6.65. The molecule has 0 saturated carbocycles. The van der Waals surface area contributed by atoms with E-state index in [4.69, 9.17) is 27.0 Å². The van der Waals surface area contributed by atoms with Crippen LogP contribution >= 0.6 is 19.9 Å². The number of alkyl halides is 2. The molecule has 0 radical (unpaired) electrons. The minimum atomic E-state index is -4.10. The third-order valence-electron chi connectivity index (χ3n) is 9.71.